The first-order chi connectivity index (χ1) is 9.24. The van der Waals surface area contributed by atoms with Crippen molar-refractivity contribution < 1.29 is 4.74 Å². The predicted octanol–water partition coefficient (Wildman–Crippen LogP) is 0.844. The topological polar surface area (TPSA) is 82.1 Å². The van der Waals surface area contributed by atoms with Gasteiger partial charge in [-0.05, 0) is 28.1 Å². The molecule has 0 saturated carbocycles. The number of ether oxygens (including phenoxy) is 1. The summed E-state index contributed by atoms with van der Waals surface area (Å²) in [7, 11) is 0. The van der Waals surface area contributed by atoms with Gasteiger partial charge in [0.15, 0.2) is 5.82 Å². The van der Waals surface area contributed by atoms with E-state index in [1.165, 1.54) is 4.68 Å². The lowest BCUT2D eigenvalue weighted by atomic mass is 10.4. The van der Waals surface area contributed by atoms with Crippen LogP contribution in [-0.2, 0) is 4.74 Å². The monoisotopic (exact) mass is 324 g/mol. The van der Waals surface area contributed by atoms with Crippen molar-refractivity contribution in [2.45, 2.75) is 0 Å². The zero-order valence-corrected chi connectivity index (χ0v) is 11.7. The van der Waals surface area contributed by atoms with Gasteiger partial charge >= 0.3 is 0 Å². The van der Waals surface area contributed by atoms with Crippen molar-refractivity contribution in [3.05, 3.63) is 22.8 Å². The number of morpholine rings is 1. The Labute approximate surface area is 118 Å². The fourth-order valence-corrected chi connectivity index (χ4v) is 2.11. The summed E-state index contributed by atoms with van der Waals surface area (Å²) in [5, 5.41) is 4.41. The Hall–Kier alpha value is -1.67. The van der Waals surface area contributed by atoms with Crippen LogP contribution >= 0.6 is 15.9 Å². The van der Waals surface area contributed by atoms with E-state index < -0.39 is 0 Å². The Kier molecular flexibility index (Phi) is 3.34. The maximum atomic E-state index is 5.90. The number of hydrogen-bond donors (Lipinski definition) is 1. The first-order valence-electron chi connectivity index (χ1n) is 5.91. The predicted molar refractivity (Wildman–Crippen MR) is 74.3 cm³/mol. The highest BCUT2D eigenvalue weighted by Gasteiger charge is 2.18. The standard InChI is InChI=1S/C11H13BrN6O/c12-8-1-2-9(14-7-8)18-10(13)15-11(16-18)17-3-5-19-6-4-17/h1-2,7H,3-6H2,(H2,13,15,16). The molecule has 8 heteroatoms. The lowest BCUT2D eigenvalue weighted by Gasteiger charge is -2.25. The second-order valence-electron chi connectivity index (χ2n) is 4.12. The number of hydrogen-bond acceptors (Lipinski definition) is 6. The van der Waals surface area contributed by atoms with E-state index in [2.05, 4.69) is 35.9 Å². The Balaban J connectivity index is 1.90. The fourth-order valence-electron chi connectivity index (χ4n) is 1.87. The molecule has 2 aromatic rings. The molecule has 0 atom stereocenters. The zero-order chi connectivity index (χ0) is 13.2. The molecular weight excluding hydrogens is 312 g/mol. The van der Waals surface area contributed by atoms with Crippen LogP contribution in [-0.4, -0.2) is 46.1 Å². The lowest BCUT2D eigenvalue weighted by Crippen LogP contribution is -2.37. The summed E-state index contributed by atoms with van der Waals surface area (Å²) in [5.41, 5.74) is 5.90. The molecule has 19 heavy (non-hydrogen) atoms. The molecule has 3 heterocycles. The van der Waals surface area contributed by atoms with Gasteiger partial charge in [-0.2, -0.15) is 9.67 Å². The highest BCUT2D eigenvalue weighted by molar-refractivity contribution is 9.10. The molecule has 0 spiro atoms. The van der Waals surface area contributed by atoms with Crippen molar-refractivity contribution in [3.63, 3.8) is 0 Å². The Morgan fingerprint density at radius 2 is 2.05 bits per heavy atom. The SMILES string of the molecule is Nc1nc(N2CCOCC2)nn1-c1ccc(Br)cn1. The number of nitrogens with two attached hydrogens (primary N) is 1. The minimum Gasteiger partial charge on any atom is -0.378 e. The molecule has 3 rings (SSSR count). The number of halogens is 1. The first kappa shape index (κ1) is 12.4. The van der Waals surface area contributed by atoms with Gasteiger partial charge in [0.25, 0.3) is 0 Å². The van der Waals surface area contributed by atoms with Crippen LogP contribution in [0.15, 0.2) is 22.8 Å². The van der Waals surface area contributed by atoms with Gasteiger partial charge in [-0.1, -0.05) is 0 Å². The van der Waals surface area contributed by atoms with E-state index in [-0.39, 0.29) is 0 Å². The summed E-state index contributed by atoms with van der Waals surface area (Å²) in [4.78, 5) is 10.6. The van der Waals surface area contributed by atoms with Gasteiger partial charge in [-0.15, -0.1) is 5.10 Å². The third-order valence-electron chi connectivity index (χ3n) is 2.84. The van der Waals surface area contributed by atoms with Gasteiger partial charge in [0.2, 0.25) is 11.9 Å². The number of nitrogens with zero attached hydrogens (tertiary/aromatic N) is 5. The second-order valence-corrected chi connectivity index (χ2v) is 5.03. The van der Waals surface area contributed by atoms with Crippen molar-refractivity contribution >= 4 is 27.8 Å². The summed E-state index contributed by atoms with van der Waals surface area (Å²) in [6.45, 7) is 2.92. The summed E-state index contributed by atoms with van der Waals surface area (Å²) >= 11 is 3.34. The Morgan fingerprint density at radius 1 is 1.26 bits per heavy atom. The van der Waals surface area contributed by atoms with E-state index in [1.807, 2.05) is 12.1 Å². The Bertz CT molecular complexity index is 563. The third kappa shape index (κ3) is 2.54. The number of aromatic nitrogens is 4. The molecule has 2 N–H and O–H groups in total. The van der Waals surface area contributed by atoms with Crippen LogP contribution in [0, 0.1) is 0 Å². The molecule has 0 amide bonds. The third-order valence-corrected chi connectivity index (χ3v) is 3.31. The molecular formula is C11H13BrN6O. The molecule has 1 fully saturated rings. The van der Waals surface area contributed by atoms with E-state index in [0.29, 0.717) is 30.9 Å². The number of nitrogen functional groups attached to an aromatic ring is 1. The average molecular weight is 325 g/mol. The molecule has 2 aromatic heterocycles. The minimum atomic E-state index is 0.330. The fraction of sp³-hybridized carbons (Fsp3) is 0.364. The van der Waals surface area contributed by atoms with Crippen molar-refractivity contribution in [1.82, 2.24) is 19.7 Å². The molecule has 0 aliphatic carbocycles. The minimum absolute atomic E-state index is 0.330. The molecule has 0 unspecified atom stereocenters. The van der Waals surface area contributed by atoms with Gasteiger partial charge in [0, 0.05) is 23.8 Å². The highest BCUT2D eigenvalue weighted by Crippen LogP contribution is 2.17. The summed E-state index contributed by atoms with van der Waals surface area (Å²) in [6.07, 6.45) is 1.70. The number of anilines is 2. The quantitative estimate of drug-likeness (QED) is 0.881. The zero-order valence-electron chi connectivity index (χ0n) is 10.2. The largest absolute Gasteiger partial charge is 0.378 e. The van der Waals surface area contributed by atoms with Crippen LogP contribution in [0.1, 0.15) is 0 Å². The van der Waals surface area contributed by atoms with E-state index >= 15 is 0 Å². The van der Waals surface area contributed by atoms with E-state index in [1.54, 1.807) is 6.20 Å². The number of pyridine rings is 1. The molecule has 0 radical (unpaired) electrons. The van der Waals surface area contributed by atoms with Crippen molar-refractivity contribution in [3.8, 4) is 5.82 Å². The number of rotatable bonds is 2. The van der Waals surface area contributed by atoms with Gasteiger partial charge in [-0.25, -0.2) is 4.98 Å². The van der Waals surface area contributed by atoms with E-state index in [4.69, 9.17) is 10.5 Å². The van der Waals surface area contributed by atoms with Crippen LogP contribution < -0.4 is 10.6 Å². The van der Waals surface area contributed by atoms with Crippen LogP contribution in [0.5, 0.6) is 0 Å². The van der Waals surface area contributed by atoms with Gasteiger partial charge in [0.1, 0.15) is 0 Å². The summed E-state index contributed by atoms with van der Waals surface area (Å²) in [6, 6.07) is 3.72. The first-order valence-corrected chi connectivity index (χ1v) is 6.70. The average Bonchev–Trinajstić information content (AvgIpc) is 2.83. The van der Waals surface area contributed by atoms with Crippen LogP contribution in [0.4, 0.5) is 11.9 Å². The molecule has 7 nitrogen and oxygen atoms in total. The molecule has 100 valence electrons. The van der Waals surface area contributed by atoms with Crippen molar-refractivity contribution in [2.75, 3.05) is 36.9 Å². The normalized spacial score (nSPS) is 15.7. The molecule has 1 saturated heterocycles. The maximum Gasteiger partial charge on any atom is 0.247 e. The van der Waals surface area contributed by atoms with Crippen LogP contribution in [0.25, 0.3) is 5.82 Å². The van der Waals surface area contributed by atoms with Crippen molar-refractivity contribution in [2.24, 2.45) is 0 Å². The summed E-state index contributed by atoms with van der Waals surface area (Å²) in [5.74, 6) is 1.59. The van der Waals surface area contributed by atoms with Crippen molar-refractivity contribution in [1.29, 1.82) is 0 Å². The maximum absolute atomic E-state index is 5.90. The molecule has 1 aliphatic rings. The second kappa shape index (κ2) is 5.14. The Morgan fingerprint density at radius 3 is 2.74 bits per heavy atom. The lowest BCUT2D eigenvalue weighted by molar-refractivity contribution is 0.122. The molecule has 1 aliphatic heterocycles. The molecule has 0 bridgehead atoms. The smallest absolute Gasteiger partial charge is 0.247 e. The van der Waals surface area contributed by atoms with E-state index in [0.717, 1.165) is 17.6 Å². The van der Waals surface area contributed by atoms with Crippen LogP contribution in [0.2, 0.25) is 0 Å². The molecule has 0 aromatic carbocycles. The van der Waals surface area contributed by atoms with Gasteiger partial charge in [0.05, 0.1) is 13.2 Å². The van der Waals surface area contributed by atoms with Gasteiger partial charge in [-0.3, -0.25) is 0 Å². The highest BCUT2D eigenvalue weighted by atomic mass is 79.9. The summed E-state index contributed by atoms with van der Waals surface area (Å²) < 4.78 is 7.75. The van der Waals surface area contributed by atoms with E-state index in [9.17, 15) is 0 Å². The van der Waals surface area contributed by atoms with Crippen LogP contribution in [0.3, 0.4) is 0 Å². The van der Waals surface area contributed by atoms with Gasteiger partial charge < -0.3 is 15.4 Å².